The van der Waals surface area contributed by atoms with Crippen LogP contribution in [0.2, 0.25) is 0 Å². The summed E-state index contributed by atoms with van der Waals surface area (Å²) in [5, 5.41) is 9.10. The molecule has 1 fully saturated rings. The van der Waals surface area contributed by atoms with Crippen molar-refractivity contribution in [1.29, 1.82) is 0 Å². The van der Waals surface area contributed by atoms with Gasteiger partial charge in [0.05, 0.1) is 6.54 Å². The summed E-state index contributed by atoms with van der Waals surface area (Å²) in [6, 6.07) is 1.97. The lowest BCUT2D eigenvalue weighted by atomic mass is 10.1. The number of rotatable bonds is 4. The highest BCUT2D eigenvalue weighted by Crippen LogP contribution is 2.18. The molecule has 1 aromatic rings. The van der Waals surface area contributed by atoms with Gasteiger partial charge < -0.3 is 9.67 Å². The van der Waals surface area contributed by atoms with Crippen LogP contribution in [0.1, 0.15) is 28.2 Å². The number of hydrogen-bond donors (Lipinski definition) is 1. The monoisotopic (exact) mass is 250 g/mol. The largest absolute Gasteiger partial charge is 0.396 e. The second-order valence-electron chi connectivity index (χ2n) is 5.34. The Kier molecular flexibility index (Phi) is 3.88. The third kappa shape index (κ3) is 2.49. The van der Waals surface area contributed by atoms with Crippen molar-refractivity contribution in [3.05, 3.63) is 23.0 Å². The van der Waals surface area contributed by atoms with Crippen molar-refractivity contribution in [3.63, 3.8) is 0 Å². The molecule has 0 amide bonds. The lowest BCUT2D eigenvalue weighted by Crippen LogP contribution is -2.28. The molecular formula is C14H22N2O2. The van der Waals surface area contributed by atoms with Crippen LogP contribution in [-0.2, 0) is 7.05 Å². The first-order valence-corrected chi connectivity index (χ1v) is 6.52. The Bertz CT molecular complexity index is 451. The van der Waals surface area contributed by atoms with Gasteiger partial charge in [-0.3, -0.25) is 9.69 Å². The van der Waals surface area contributed by atoms with Crippen LogP contribution in [0.25, 0.3) is 0 Å². The molecule has 0 saturated carbocycles. The number of Topliss-reactive ketones (excluding diaryl/α,β-unsaturated/α-hetero) is 1. The van der Waals surface area contributed by atoms with Crippen LogP contribution in [0, 0.1) is 19.8 Å². The molecular weight excluding hydrogens is 228 g/mol. The molecule has 0 radical (unpaired) electrons. The molecule has 1 aliphatic heterocycles. The Morgan fingerprint density at radius 3 is 2.72 bits per heavy atom. The molecule has 1 saturated heterocycles. The minimum absolute atomic E-state index is 0.190. The van der Waals surface area contributed by atoms with Crippen LogP contribution >= 0.6 is 0 Å². The second kappa shape index (κ2) is 5.24. The zero-order valence-corrected chi connectivity index (χ0v) is 11.4. The standard InChI is InChI=1S/C14H22N2O2/c1-10-6-13(11(2)15(10)3)14(18)8-16-5-4-12(7-16)9-17/h6,12,17H,4-5,7-9H2,1-3H3. The average molecular weight is 250 g/mol. The van der Waals surface area contributed by atoms with E-state index >= 15 is 0 Å². The first kappa shape index (κ1) is 13.3. The zero-order chi connectivity index (χ0) is 13.3. The van der Waals surface area contributed by atoms with Gasteiger partial charge in [-0.25, -0.2) is 0 Å². The van der Waals surface area contributed by atoms with Crippen LogP contribution in [0.4, 0.5) is 0 Å². The molecule has 18 heavy (non-hydrogen) atoms. The van der Waals surface area contributed by atoms with Crippen LogP contribution in [0.5, 0.6) is 0 Å². The number of aromatic nitrogens is 1. The number of hydrogen-bond acceptors (Lipinski definition) is 3. The van der Waals surface area contributed by atoms with Gasteiger partial charge in [0, 0.05) is 37.2 Å². The molecule has 2 heterocycles. The van der Waals surface area contributed by atoms with E-state index in [9.17, 15) is 4.79 Å². The SMILES string of the molecule is Cc1cc(C(=O)CN2CCC(CO)C2)c(C)n1C. The summed E-state index contributed by atoms with van der Waals surface area (Å²) < 4.78 is 2.05. The van der Waals surface area contributed by atoms with Crippen molar-refractivity contribution in [2.75, 3.05) is 26.2 Å². The second-order valence-corrected chi connectivity index (χ2v) is 5.34. The van der Waals surface area contributed by atoms with E-state index in [1.807, 2.05) is 31.5 Å². The Morgan fingerprint density at radius 1 is 1.50 bits per heavy atom. The van der Waals surface area contributed by atoms with Crippen LogP contribution in [0.15, 0.2) is 6.07 Å². The first-order chi connectivity index (χ1) is 8.52. The molecule has 1 unspecified atom stereocenters. The van der Waals surface area contributed by atoms with E-state index in [-0.39, 0.29) is 12.4 Å². The summed E-state index contributed by atoms with van der Waals surface area (Å²) >= 11 is 0. The number of carbonyl (C=O) groups excluding carboxylic acids is 1. The van der Waals surface area contributed by atoms with E-state index in [0.29, 0.717) is 12.5 Å². The summed E-state index contributed by atoms with van der Waals surface area (Å²) in [5.74, 6) is 0.534. The maximum atomic E-state index is 12.3. The fraction of sp³-hybridized carbons (Fsp3) is 0.643. The molecule has 2 rings (SSSR count). The van der Waals surface area contributed by atoms with Gasteiger partial charge in [-0.1, -0.05) is 0 Å². The molecule has 4 nitrogen and oxygen atoms in total. The highest BCUT2D eigenvalue weighted by Gasteiger charge is 2.24. The molecule has 1 atom stereocenters. The van der Waals surface area contributed by atoms with E-state index in [4.69, 9.17) is 5.11 Å². The molecule has 1 aromatic heterocycles. The summed E-state index contributed by atoms with van der Waals surface area (Å²) in [6.07, 6.45) is 0.997. The van der Waals surface area contributed by atoms with Gasteiger partial charge in [-0.05, 0) is 38.8 Å². The van der Waals surface area contributed by atoms with Crippen molar-refractivity contribution in [2.24, 2.45) is 13.0 Å². The molecule has 0 aliphatic carbocycles. The van der Waals surface area contributed by atoms with E-state index < -0.39 is 0 Å². The Balaban J connectivity index is 2.02. The molecule has 0 aromatic carbocycles. The van der Waals surface area contributed by atoms with E-state index in [2.05, 4.69) is 4.90 Å². The predicted octanol–water partition coefficient (Wildman–Crippen LogP) is 1.14. The smallest absolute Gasteiger partial charge is 0.178 e. The van der Waals surface area contributed by atoms with E-state index in [0.717, 1.165) is 36.5 Å². The Labute approximate surface area is 108 Å². The molecule has 100 valence electrons. The van der Waals surface area contributed by atoms with Crippen LogP contribution in [0.3, 0.4) is 0 Å². The lowest BCUT2D eigenvalue weighted by molar-refractivity contribution is 0.0939. The van der Waals surface area contributed by atoms with Gasteiger partial charge in [0.25, 0.3) is 0 Å². The minimum Gasteiger partial charge on any atom is -0.396 e. The number of aliphatic hydroxyl groups excluding tert-OH is 1. The highest BCUT2D eigenvalue weighted by atomic mass is 16.3. The van der Waals surface area contributed by atoms with Crippen molar-refractivity contribution >= 4 is 5.78 Å². The third-order valence-corrected chi connectivity index (χ3v) is 4.07. The van der Waals surface area contributed by atoms with Gasteiger partial charge in [0.15, 0.2) is 5.78 Å². The lowest BCUT2D eigenvalue weighted by Gasteiger charge is -2.14. The zero-order valence-electron chi connectivity index (χ0n) is 11.4. The van der Waals surface area contributed by atoms with Crippen molar-refractivity contribution < 1.29 is 9.90 Å². The fourth-order valence-corrected chi connectivity index (χ4v) is 2.63. The molecule has 4 heteroatoms. The van der Waals surface area contributed by atoms with Gasteiger partial charge in [-0.2, -0.15) is 0 Å². The summed E-state index contributed by atoms with van der Waals surface area (Å²) in [6.45, 7) is 6.46. The number of likely N-dealkylation sites (tertiary alicyclic amines) is 1. The van der Waals surface area contributed by atoms with E-state index in [1.54, 1.807) is 0 Å². The molecule has 0 bridgehead atoms. The Morgan fingerprint density at radius 2 is 2.22 bits per heavy atom. The predicted molar refractivity (Wildman–Crippen MR) is 70.9 cm³/mol. The summed E-state index contributed by atoms with van der Waals surface area (Å²) in [7, 11) is 1.99. The number of carbonyl (C=O) groups is 1. The number of aryl methyl sites for hydroxylation is 1. The number of ketones is 1. The van der Waals surface area contributed by atoms with Crippen molar-refractivity contribution in [3.8, 4) is 0 Å². The average Bonchev–Trinajstić information content (AvgIpc) is 2.89. The molecule has 0 spiro atoms. The maximum Gasteiger partial charge on any atom is 0.178 e. The van der Waals surface area contributed by atoms with Gasteiger partial charge >= 0.3 is 0 Å². The number of aliphatic hydroxyl groups is 1. The van der Waals surface area contributed by atoms with Crippen molar-refractivity contribution in [1.82, 2.24) is 9.47 Å². The van der Waals surface area contributed by atoms with Gasteiger partial charge in [0.1, 0.15) is 0 Å². The summed E-state index contributed by atoms with van der Waals surface area (Å²) in [5.41, 5.74) is 2.99. The fourth-order valence-electron chi connectivity index (χ4n) is 2.63. The van der Waals surface area contributed by atoms with Crippen LogP contribution < -0.4 is 0 Å². The highest BCUT2D eigenvalue weighted by molar-refractivity contribution is 5.99. The minimum atomic E-state index is 0.190. The topological polar surface area (TPSA) is 45.5 Å². The van der Waals surface area contributed by atoms with Gasteiger partial charge in [0.2, 0.25) is 0 Å². The quantitative estimate of drug-likeness (QED) is 0.815. The maximum absolute atomic E-state index is 12.3. The number of nitrogens with zero attached hydrogens (tertiary/aromatic N) is 2. The molecule has 1 aliphatic rings. The molecule has 1 N–H and O–H groups in total. The van der Waals surface area contributed by atoms with E-state index in [1.165, 1.54) is 0 Å². The normalized spacial score (nSPS) is 20.6. The van der Waals surface area contributed by atoms with Crippen molar-refractivity contribution in [2.45, 2.75) is 20.3 Å². The third-order valence-electron chi connectivity index (χ3n) is 4.07. The first-order valence-electron chi connectivity index (χ1n) is 6.52. The Hall–Kier alpha value is -1.13. The summed E-state index contributed by atoms with van der Waals surface area (Å²) in [4.78, 5) is 14.4. The van der Waals surface area contributed by atoms with Gasteiger partial charge in [-0.15, -0.1) is 0 Å². The van der Waals surface area contributed by atoms with Crippen LogP contribution in [-0.4, -0.2) is 46.6 Å².